The third-order valence-corrected chi connectivity index (χ3v) is 2.04. The van der Waals surface area contributed by atoms with E-state index in [-0.39, 0.29) is 5.17 Å². The minimum Gasteiger partial charge on any atom is -0.465 e. The molecule has 0 aliphatic heterocycles. The Morgan fingerprint density at radius 2 is 2.23 bits per heavy atom. The first-order valence-electron chi connectivity index (χ1n) is 3.61. The van der Waals surface area contributed by atoms with Gasteiger partial charge >= 0.3 is 0 Å². The zero-order valence-corrected chi connectivity index (χ0v) is 8.36. The van der Waals surface area contributed by atoms with Crippen LogP contribution in [0.4, 0.5) is 0 Å². The number of nitrogens with one attached hydrogen (secondary N) is 1. The molecule has 0 saturated heterocycles. The lowest BCUT2D eigenvalue weighted by Gasteiger charge is -2.06. The van der Waals surface area contributed by atoms with E-state index in [4.69, 9.17) is 34.4 Å². The number of hydrazine groups is 1. The average molecular weight is 217 g/mol. The molecule has 0 fully saturated rings. The van der Waals surface area contributed by atoms with E-state index >= 15 is 0 Å². The van der Waals surface area contributed by atoms with Crippen LogP contribution in [0.25, 0.3) is 0 Å². The van der Waals surface area contributed by atoms with Crippen LogP contribution in [0.2, 0.25) is 5.02 Å². The van der Waals surface area contributed by atoms with E-state index in [1.807, 2.05) is 18.2 Å². The van der Waals surface area contributed by atoms with Crippen molar-refractivity contribution in [2.24, 2.45) is 5.84 Å². The smallest absolute Gasteiger partial charge is 0.271 e. The third kappa shape index (κ3) is 3.18. The Morgan fingerprint density at radius 3 is 2.85 bits per heavy atom. The molecule has 0 aliphatic rings. The number of ether oxygens (including phenoxy) is 1. The fourth-order valence-corrected chi connectivity index (χ4v) is 1.05. The fourth-order valence-electron chi connectivity index (χ4n) is 0.800. The van der Waals surface area contributed by atoms with Gasteiger partial charge in [-0.3, -0.25) is 5.43 Å². The summed E-state index contributed by atoms with van der Waals surface area (Å²) in [5.74, 6) is 5.03. The van der Waals surface area contributed by atoms with Crippen molar-refractivity contribution < 1.29 is 4.74 Å². The first-order valence-corrected chi connectivity index (χ1v) is 4.39. The molecule has 3 N–H and O–H groups in total. The van der Waals surface area contributed by atoms with Gasteiger partial charge in [-0.2, -0.15) is 0 Å². The number of hydrogen-bond donors (Lipinski definition) is 2. The summed E-state index contributed by atoms with van der Waals surface area (Å²) in [6.45, 7) is 0.322. The second-order valence-corrected chi connectivity index (χ2v) is 3.09. The maximum absolute atomic E-state index is 5.88. The van der Waals surface area contributed by atoms with E-state index in [1.165, 1.54) is 0 Å². The number of thiocarbonyl (C=S) groups is 1. The van der Waals surface area contributed by atoms with Gasteiger partial charge in [0.2, 0.25) is 0 Å². The third-order valence-electron chi connectivity index (χ3n) is 1.43. The van der Waals surface area contributed by atoms with Gasteiger partial charge in [0, 0.05) is 10.6 Å². The molecule has 1 aromatic rings. The highest BCUT2D eigenvalue weighted by molar-refractivity contribution is 7.80. The molecule has 0 aromatic heterocycles. The van der Waals surface area contributed by atoms with Crippen molar-refractivity contribution in [1.29, 1.82) is 0 Å². The summed E-state index contributed by atoms with van der Waals surface area (Å²) < 4.78 is 5.07. The molecular weight excluding hydrogens is 208 g/mol. The van der Waals surface area contributed by atoms with Gasteiger partial charge in [-0.05, 0) is 18.3 Å². The van der Waals surface area contributed by atoms with E-state index in [9.17, 15) is 0 Å². The lowest BCUT2D eigenvalue weighted by atomic mass is 10.2. The molecule has 0 atom stereocenters. The quantitative estimate of drug-likeness (QED) is 0.448. The molecule has 0 bridgehead atoms. The Balaban J connectivity index is 2.54. The van der Waals surface area contributed by atoms with Crippen LogP contribution < -0.4 is 11.3 Å². The summed E-state index contributed by atoms with van der Waals surface area (Å²) in [6.07, 6.45) is 0. The van der Waals surface area contributed by atoms with E-state index in [1.54, 1.807) is 6.07 Å². The Kier molecular flexibility index (Phi) is 3.95. The second-order valence-electron chi connectivity index (χ2n) is 2.31. The van der Waals surface area contributed by atoms with Crippen LogP contribution >= 0.6 is 23.8 Å². The second kappa shape index (κ2) is 5.01. The standard InChI is InChI=1S/C8H9ClN2OS/c9-7-4-2-1-3-6(7)5-12-8(13)11-10/h1-4H,5,10H2,(H,11,13). The van der Waals surface area contributed by atoms with Crippen molar-refractivity contribution in [3.05, 3.63) is 34.9 Å². The number of benzene rings is 1. The molecular formula is C8H9ClN2OS. The van der Waals surface area contributed by atoms with E-state index in [2.05, 4.69) is 5.43 Å². The highest BCUT2D eigenvalue weighted by Gasteiger charge is 2.00. The topological polar surface area (TPSA) is 47.3 Å². The predicted molar refractivity (Wildman–Crippen MR) is 56.2 cm³/mol. The maximum atomic E-state index is 5.88. The highest BCUT2D eigenvalue weighted by atomic mass is 35.5. The summed E-state index contributed by atoms with van der Waals surface area (Å²) in [6, 6.07) is 7.38. The van der Waals surface area contributed by atoms with Crippen LogP contribution in [-0.4, -0.2) is 5.17 Å². The van der Waals surface area contributed by atoms with Crippen LogP contribution in [0.1, 0.15) is 5.56 Å². The Bertz CT molecular complexity index is 306. The predicted octanol–water partition coefficient (Wildman–Crippen LogP) is 1.60. The van der Waals surface area contributed by atoms with Crippen LogP contribution in [0.5, 0.6) is 0 Å². The van der Waals surface area contributed by atoms with Crippen molar-refractivity contribution in [3.8, 4) is 0 Å². The number of nitrogens with two attached hydrogens (primary N) is 1. The minimum absolute atomic E-state index is 0.153. The van der Waals surface area contributed by atoms with Gasteiger partial charge in [-0.25, -0.2) is 5.84 Å². The summed E-state index contributed by atoms with van der Waals surface area (Å²) in [5.41, 5.74) is 3.10. The first kappa shape index (κ1) is 10.2. The van der Waals surface area contributed by atoms with Crippen LogP contribution in [0, 0.1) is 0 Å². The lowest BCUT2D eigenvalue weighted by Crippen LogP contribution is -2.30. The van der Waals surface area contributed by atoms with Crippen LogP contribution in [0.15, 0.2) is 24.3 Å². The van der Waals surface area contributed by atoms with Gasteiger partial charge in [0.15, 0.2) is 0 Å². The summed E-state index contributed by atoms with van der Waals surface area (Å²) in [4.78, 5) is 0. The molecule has 0 heterocycles. The van der Waals surface area contributed by atoms with Gasteiger partial charge < -0.3 is 4.74 Å². The van der Waals surface area contributed by atoms with Crippen molar-refractivity contribution in [2.75, 3.05) is 0 Å². The van der Waals surface area contributed by atoms with E-state index < -0.39 is 0 Å². The highest BCUT2D eigenvalue weighted by Crippen LogP contribution is 2.15. The minimum atomic E-state index is 0.153. The summed E-state index contributed by atoms with van der Waals surface area (Å²) in [5, 5.41) is 0.808. The van der Waals surface area contributed by atoms with E-state index in [0.29, 0.717) is 11.6 Å². The molecule has 0 spiro atoms. The SMILES string of the molecule is NNC(=S)OCc1ccccc1Cl. The normalized spacial score (nSPS) is 9.38. The molecule has 0 unspecified atom stereocenters. The Hall–Kier alpha value is -0.840. The largest absolute Gasteiger partial charge is 0.465 e. The van der Waals surface area contributed by atoms with Crippen LogP contribution in [-0.2, 0) is 11.3 Å². The van der Waals surface area contributed by atoms with Crippen molar-refractivity contribution >= 4 is 29.0 Å². The zero-order chi connectivity index (χ0) is 9.68. The Labute approximate surface area is 86.8 Å². The number of halogens is 1. The molecule has 1 aromatic carbocycles. The molecule has 3 nitrogen and oxygen atoms in total. The molecule has 70 valence electrons. The zero-order valence-electron chi connectivity index (χ0n) is 6.79. The number of rotatable bonds is 2. The van der Waals surface area contributed by atoms with Crippen LogP contribution in [0.3, 0.4) is 0 Å². The first-order chi connectivity index (χ1) is 6.24. The molecule has 5 heteroatoms. The van der Waals surface area contributed by atoms with Gasteiger partial charge in [0.25, 0.3) is 5.17 Å². The monoisotopic (exact) mass is 216 g/mol. The summed E-state index contributed by atoms with van der Waals surface area (Å²) >= 11 is 10.6. The molecule has 0 amide bonds. The van der Waals surface area contributed by atoms with E-state index in [0.717, 1.165) is 5.56 Å². The van der Waals surface area contributed by atoms with Gasteiger partial charge in [0.1, 0.15) is 6.61 Å². The van der Waals surface area contributed by atoms with Crippen molar-refractivity contribution in [2.45, 2.75) is 6.61 Å². The summed E-state index contributed by atoms with van der Waals surface area (Å²) in [7, 11) is 0. The molecule has 1 rings (SSSR count). The van der Waals surface area contributed by atoms with Gasteiger partial charge in [0.05, 0.1) is 0 Å². The van der Waals surface area contributed by atoms with Crippen molar-refractivity contribution in [1.82, 2.24) is 5.43 Å². The molecule has 13 heavy (non-hydrogen) atoms. The van der Waals surface area contributed by atoms with Gasteiger partial charge in [-0.15, -0.1) is 0 Å². The Morgan fingerprint density at radius 1 is 1.54 bits per heavy atom. The maximum Gasteiger partial charge on any atom is 0.271 e. The molecule has 0 aliphatic carbocycles. The molecule has 0 radical (unpaired) electrons. The fraction of sp³-hybridized carbons (Fsp3) is 0.125. The number of hydrogen-bond acceptors (Lipinski definition) is 3. The average Bonchev–Trinajstić information content (AvgIpc) is 2.16. The van der Waals surface area contributed by atoms with Gasteiger partial charge in [-0.1, -0.05) is 29.8 Å². The molecule has 0 saturated carbocycles. The lowest BCUT2D eigenvalue weighted by molar-refractivity contribution is 0.287. The van der Waals surface area contributed by atoms with Crippen molar-refractivity contribution in [3.63, 3.8) is 0 Å².